The van der Waals surface area contributed by atoms with Crippen LogP contribution in [0.25, 0.3) is 0 Å². The number of amides is 3. The Hall–Kier alpha value is -1.69. The first-order valence-corrected chi connectivity index (χ1v) is 4.84. The van der Waals surface area contributed by atoms with Gasteiger partial charge in [0.2, 0.25) is 5.91 Å². The second-order valence-corrected chi connectivity index (χ2v) is 2.76. The minimum absolute atomic E-state index is 0.0877. The smallest absolute Gasteiger partial charge is 0.347 e. The monoisotopic (exact) mass is 246 g/mol. The molecule has 0 saturated heterocycles. The number of carbonyl (C=O) groups excluding carboxylic acids is 3. The summed E-state index contributed by atoms with van der Waals surface area (Å²) < 4.78 is 4.59. The summed E-state index contributed by atoms with van der Waals surface area (Å²) in [7, 11) is 0. The molecule has 0 unspecified atom stereocenters. The van der Waals surface area contributed by atoms with Crippen molar-refractivity contribution in [3.05, 3.63) is 12.2 Å². The lowest BCUT2D eigenvalue weighted by Gasteiger charge is -1.99. The van der Waals surface area contributed by atoms with Crippen molar-refractivity contribution in [3.63, 3.8) is 0 Å². The van der Waals surface area contributed by atoms with Gasteiger partial charge in [0, 0.05) is 6.21 Å². The van der Waals surface area contributed by atoms with E-state index in [-0.39, 0.29) is 18.1 Å². The Morgan fingerprint density at radius 2 is 2.12 bits per heavy atom. The molecule has 0 aromatic heterocycles. The number of aliphatic imine (C=N–C) groups is 1. The third-order valence-electron chi connectivity index (χ3n) is 1.24. The van der Waals surface area contributed by atoms with E-state index in [1.165, 1.54) is 0 Å². The Bertz CT molecular complexity index is 338. The minimum Gasteiger partial charge on any atom is -0.462 e. The minimum atomic E-state index is -0.920. The predicted octanol–water partition coefficient (Wildman–Crippen LogP) is 0.651. The molecule has 0 atom stereocenters. The molecule has 7 heteroatoms. The van der Waals surface area contributed by atoms with Gasteiger partial charge in [0.1, 0.15) is 5.88 Å². The zero-order chi connectivity index (χ0) is 12.6. The summed E-state index contributed by atoms with van der Waals surface area (Å²) in [6.07, 6.45) is 0.912. The molecule has 0 aromatic carbocycles. The first-order valence-electron chi connectivity index (χ1n) is 4.31. The predicted molar refractivity (Wildman–Crippen MR) is 58.5 cm³/mol. The van der Waals surface area contributed by atoms with E-state index in [4.69, 9.17) is 11.6 Å². The van der Waals surface area contributed by atoms with Crippen molar-refractivity contribution in [1.82, 2.24) is 5.32 Å². The Labute approximate surface area is 97.3 Å². The number of nitrogens with one attached hydrogen (secondary N) is 1. The molecule has 3 amide bonds. The van der Waals surface area contributed by atoms with Gasteiger partial charge in [-0.1, -0.05) is 6.58 Å². The van der Waals surface area contributed by atoms with Gasteiger partial charge in [-0.2, -0.15) is 0 Å². The molecule has 88 valence electrons. The van der Waals surface area contributed by atoms with Gasteiger partial charge in [0.15, 0.2) is 0 Å². The largest absolute Gasteiger partial charge is 0.462 e. The van der Waals surface area contributed by atoms with Gasteiger partial charge in [-0.15, -0.1) is 11.6 Å². The topological polar surface area (TPSA) is 84.8 Å². The Balaban J connectivity index is 4.17. The summed E-state index contributed by atoms with van der Waals surface area (Å²) in [5.74, 6) is -1.70. The van der Waals surface area contributed by atoms with E-state index < -0.39 is 17.9 Å². The summed E-state index contributed by atoms with van der Waals surface area (Å²) in [6, 6.07) is -0.920. The molecule has 0 heterocycles. The number of halogens is 1. The second-order valence-electron chi connectivity index (χ2n) is 2.49. The van der Waals surface area contributed by atoms with Gasteiger partial charge in [-0.05, 0) is 6.92 Å². The molecule has 16 heavy (non-hydrogen) atoms. The average Bonchev–Trinajstić information content (AvgIpc) is 2.25. The molecule has 0 fully saturated rings. The number of alkyl halides is 1. The number of urea groups is 1. The van der Waals surface area contributed by atoms with Crippen LogP contribution in [0.1, 0.15) is 6.92 Å². The second kappa shape index (κ2) is 7.58. The van der Waals surface area contributed by atoms with E-state index in [2.05, 4.69) is 16.3 Å². The van der Waals surface area contributed by atoms with E-state index in [1.807, 2.05) is 5.32 Å². The fourth-order valence-corrected chi connectivity index (χ4v) is 0.665. The van der Waals surface area contributed by atoms with Crippen LogP contribution in [0.3, 0.4) is 0 Å². The molecular formula is C9H11ClN2O4. The van der Waals surface area contributed by atoms with Crippen LogP contribution in [0.15, 0.2) is 17.1 Å². The van der Waals surface area contributed by atoms with Gasteiger partial charge in [0.25, 0.3) is 0 Å². The highest BCUT2D eigenvalue weighted by molar-refractivity contribution is 6.28. The molecule has 0 radical (unpaired) electrons. The van der Waals surface area contributed by atoms with E-state index >= 15 is 0 Å². The molecule has 0 aliphatic carbocycles. The van der Waals surface area contributed by atoms with E-state index in [1.54, 1.807) is 6.92 Å². The number of esters is 1. The van der Waals surface area contributed by atoms with Crippen molar-refractivity contribution in [2.45, 2.75) is 6.92 Å². The van der Waals surface area contributed by atoms with Crippen LogP contribution >= 0.6 is 11.6 Å². The van der Waals surface area contributed by atoms with Crippen LogP contribution in [0, 0.1) is 0 Å². The van der Waals surface area contributed by atoms with Crippen LogP contribution in [-0.2, 0) is 14.3 Å². The van der Waals surface area contributed by atoms with E-state index in [0.29, 0.717) is 0 Å². The van der Waals surface area contributed by atoms with Gasteiger partial charge in [-0.25, -0.2) is 14.6 Å². The standard InChI is InChI=1S/C9H11ClN2O4/c1-3-16-8(14)6(2)5-11-9(15)12-7(13)4-10/h5H,2-4H2,1H3,(H,12,13,15). The molecule has 1 N–H and O–H groups in total. The SMILES string of the molecule is C=C(C=NC(=O)NC(=O)CCl)C(=O)OCC. The van der Waals surface area contributed by atoms with Gasteiger partial charge in [-0.3, -0.25) is 10.1 Å². The maximum atomic E-state index is 11.0. The van der Waals surface area contributed by atoms with E-state index in [0.717, 1.165) is 6.21 Å². The maximum absolute atomic E-state index is 11.0. The quantitative estimate of drug-likeness (QED) is 0.342. The molecule has 0 aliphatic heterocycles. The highest BCUT2D eigenvalue weighted by Gasteiger charge is 2.07. The number of nitrogens with zero attached hydrogens (tertiary/aromatic N) is 1. The van der Waals surface area contributed by atoms with Crippen LogP contribution in [-0.4, -0.2) is 36.6 Å². The number of rotatable bonds is 4. The number of hydrogen-bond acceptors (Lipinski definition) is 4. The van der Waals surface area contributed by atoms with Crippen LogP contribution in [0.2, 0.25) is 0 Å². The Morgan fingerprint density at radius 3 is 2.62 bits per heavy atom. The molecule has 0 spiro atoms. The van der Waals surface area contributed by atoms with E-state index in [9.17, 15) is 14.4 Å². The molecule has 0 bridgehead atoms. The Morgan fingerprint density at radius 1 is 1.50 bits per heavy atom. The fourth-order valence-electron chi connectivity index (χ4n) is 0.598. The van der Waals surface area contributed by atoms with Crippen molar-refractivity contribution in [3.8, 4) is 0 Å². The van der Waals surface area contributed by atoms with Crippen LogP contribution in [0.4, 0.5) is 4.79 Å². The number of imide groups is 1. The third kappa shape index (κ3) is 5.92. The van der Waals surface area contributed by atoms with Crippen molar-refractivity contribution < 1.29 is 19.1 Å². The lowest BCUT2D eigenvalue weighted by molar-refractivity contribution is -0.137. The highest BCUT2D eigenvalue weighted by atomic mass is 35.5. The van der Waals surface area contributed by atoms with Gasteiger partial charge in [0.05, 0.1) is 12.2 Å². The van der Waals surface area contributed by atoms with Crippen molar-refractivity contribution >= 4 is 35.7 Å². The maximum Gasteiger partial charge on any atom is 0.347 e. The summed E-state index contributed by atoms with van der Waals surface area (Å²) in [5.41, 5.74) is -0.0877. The normalized spacial score (nSPS) is 9.88. The van der Waals surface area contributed by atoms with Gasteiger partial charge >= 0.3 is 12.0 Å². The zero-order valence-corrected chi connectivity index (χ0v) is 9.41. The fraction of sp³-hybridized carbons (Fsp3) is 0.333. The van der Waals surface area contributed by atoms with Crippen LogP contribution in [0.5, 0.6) is 0 Å². The van der Waals surface area contributed by atoms with Crippen LogP contribution < -0.4 is 5.32 Å². The molecule has 0 aromatic rings. The third-order valence-corrected chi connectivity index (χ3v) is 1.49. The number of hydrogen-bond donors (Lipinski definition) is 1. The molecule has 6 nitrogen and oxygen atoms in total. The molecular weight excluding hydrogens is 236 g/mol. The molecule has 0 aliphatic rings. The van der Waals surface area contributed by atoms with Gasteiger partial charge < -0.3 is 4.74 Å². The zero-order valence-electron chi connectivity index (χ0n) is 8.66. The summed E-state index contributed by atoms with van der Waals surface area (Å²) >= 11 is 5.14. The summed E-state index contributed by atoms with van der Waals surface area (Å²) in [6.45, 7) is 5.16. The molecule has 0 saturated carbocycles. The average molecular weight is 247 g/mol. The lowest BCUT2D eigenvalue weighted by Crippen LogP contribution is -2.28. The van der Waals surface area contributed by atoms with Crippen molar-refractivity contribution in [1.29, 1.82) is 0 Å². The highest BCUT2D eigenvalue weighted by Crippen LogP contribution is 1.91. The summed E-state index contributed by atoms with van der Waals surface area (Å²) in [5, 5.41) is 1.85. The summed E-state index contributed by atoms with van der Waals surface area (Å²) in [4.78, 5) is 35.8. The molecule has 0 rings (SSSR count). The first-order chi connectivity index (χ1) is 7.51. The number of carbonyl (C=O) groups is 3. The lowest BCUT2D eigenvalue weighted by atomic mass is 10.3. The Kier molecular flexibility index (Phi) is 6.78. The van der Waals surface area contributed by atoms with Crippen molar-refractivity contribution in [2.24, 2.45) is 4.99 Å². The number of ether oxygens (including phenoxy) is 1. The van der Waals surface area contributed by atoms with Crippen molar-refractivity contribution in [2.75, 3.05) is 12.5 Å². The first kappa shape index (κ1) is 14.3.